The van der Waals surface area contributed by atoms with Crippen molar-refractivity contribution in [3.8, 4) is 5.69 Å². The van der Waals surface area contributed by atoms with E-state index in [1.807, 2.05) is 6.92 Å². The van der Waals surface area contributed by atoms with E-state index in [-0.39, 0.29) is 5.69 Å². The summed E-state index contributed by atoms with van der Waals surface area (Å²) in [5.41, 5.74) is 0.390. The third-order valence-electron chi connectivity index (χ3n) is 2.42. The SMILES string of the molecule is CCNCc1cnnn1-c1ccc(F)c(F)c1F. The molecule has 0 aliphatic rings. The second-order valence-electron chi connectivity index (χ2n) is 3.61. The van der Waals surface area contributed by atoms with Crippen LogP contribution in [0.25, 0.3) is 5.69 Å². The van der Waals surface area contributed by atoms with Gasteiger partial charge in [-0.3, -0.25) is 0 Å². The van der Waals surface area contributed by atoms with Gasteiger partial charge in [0.2, 0.25) is 0 Å². The minimum atomic E-state index is -1.52. The summed E-state index contributed by atoms with van der Waals surface area (Å²) in [5.74, 6) is -4.03. The van der Waals surface area contributed by atoms with Crippen LogP contribution in [0.5, 0.6) is 0 Å². The zero-order valence-electron chi connectivity index (χ0n) is 9.62. The molecular formula is C11H11F3N4. The molecule has 0 unspecified atom stereocenters. The number of nitrogens with zero attached hydrogens (tertiary/aromatic N) is 3. The Morgan fingerprint density at radius 3 is 2.72 bits per heavy atom. The van der Waals surface area contributed by atoms with Crippen LogP contribution in [0, 0.1) is 17.5 Å². The Kier molecular flexibility index (Phi) is 3.61. The number of halogens is 3. The van der Waals surface area contributed by atoms with Crippen molar-refractivity contribution in [3.05, 3.63) is 41.5 Å². The van der Waals surface area contributed by atoms with Gasteiger partial charge in [-0.15, -0.1) is 5.10 Å². The summed E-state index contributed by atoms with van der Waals surface area (Å²) in [7, 11) is 0. The Balaban J connectivity index is 2.43. The summed E-state index contributed by atoms with van der Waals surface area (Å²) in [6, 6.07) is 1.98. The van der Waals surface area contributed by atoms with Gasteiger partial charge in [0, 0.05) is 6.54 Å². The first-order valence-corrected chi connectivity index (χ1v) is 5.39. The maximum atomic E-state index is 13.6. The Labute approximate surface area is 101 Å². The van der Waals surface area contributed by atoms with Gasteiger partial charge in [-0.1, -0.05) is 12.1 Å². The van der Waals surface area contributed by atoms with Crippen molar-refractivity contribution in [3.63, 3.8) is 0 Å². The molecule has 0 fully saturated rings. The van der Waals surface area contributed by atoms with Gasteiger partial charge in [-0.05, 0) is 18.7 Å². The summed E-state index contributed by atoms with van der Waals surface area (Å²) in [6.45, 7) is 3.03. The molecule has 0 radical (unpaired) electrons. The third kappa shape index (κ3) is 2.21. The lowest BCUT2D eigenvalue weighted by molar-refractivity contribution is 0.442. The average Bonchev–Trinajstić information content (AvgIpc) is 2.82. The first-order valence-electron chi connectivity index (χ1n) is 5.39. The molecule has 1 aromatic heterocycles. The third-order valence-corrected chi connectivity index (χ3v) is 2.42. The van der Waals surface area contributed by atoms with E-state index >= 15 is 0 Å². The van der Waals surface area contributed by atoms with E-state index in [2.05, 4.69) is 15.6 Å². The number of hydrogen-bond donors (Lipinski definition) is 1. The van der Waals surface area contributed by atoms with Gasteiger partial charge < -0.3 is 5.32 Å². The fourth-order valence-corrected chi connectivity index (χ4v) is 1.51. The molecule has 0 saturated carbocycles. The molecule has 2 aromatic rings. The van der Waals surface area contributed by atoms with Crippen molar-refractivity contribution in [2.45, 2.75) is 13.5 Å². The van der Waals surface area contributed by atoms with E-state index in [1.54, 1.807) is 0 Å². The molecular weight excluding hydrogens is 245 g/mol. The van der Waals surface area contributed by atoms with Crippen molar-refractivity contribution < 1.29 is 13.2 Å². The highest BCUT2D eigenvalue weighted by Crippen LogP contribution is 2.19. The molecule has 0 aliphatic heterocycles. The molecule has 7 heteroatoms. The van der Waals surface area contributed by atoms with Crippen molar-refractivity contribution in [2.24, 2.45) is 0 Å². The Hall–Kier alpha value is -1.89. The van der Waals surface area contributed by atoms with Gasteiger partial charge >= 0.3 is 0 Å². The van der Waals surface area contributed by atoms with Crippen molar-refractivity contribution in [1.29, 1.82) is 0 Å². The molecule has 0 atom stereocenters. The number of nitrogens with one attached hydrogen (secondary N) is 1. The first-order chi connectivity index (χ1) is 8.65. The largest absolute Gasteiger partial charge is 0.311 e. The standard InChI is InChI=1S/C11H11F3N4/c1-2-15-5-7-6-16-17-18(7)9-4-3-8(12)10(13)11(9)14/h3-4,6,15H,2,5H2,1H3. The summed E-state index contributed by atoms with van der Waals surface area (Å²) in [5, 5.41) is 10.3. The van der Waals surface area contributed by atoms with Crippen LogP contribution in [0.15, 0.2) is 18.3 Å². The van der Waals surface area contributed by atoms with E-state index in [9.17, 15) is 13.2 Å². The fraction of sp³-hybridized carbons (Fsp3) is 0.273. The summed E-state index contributed by atoms with van der Waals surface area (Å²) < 4.78 is 40.7. The van der Waals surface area contributed by atoms with Crippen LogP contribution in [0.2, 0.25) is 0 Å². The van der Waals surface area contributed by atoms with Crippen LogP contribution < -0.4 is 5.32 Å². The van der Waals surface area contributed by atoms with Gasteiger partial charge in [0.1, 0.15) is 5.69 Å². The van der Waals surface area contributed by atoms with E-state index < -0.39 is 17.5 Å². The zero-order valence-corrected chi connectivity index (χ0v) is 9.62. The van der Waals surface area contributed by atoms with Gasteiger partial charge in [-0.2, -0.15) is 0 Å². The monoisotopic (exact) mass is 256 g/mol. The summed E-state index contributed by atoms with van der Waals surface area (Å²) in [4.78, 5) is 0. The quantitative estimate of drug-likeness (QED) is 0.848. The van der Waals surface area contributed by atoms with E-state index in [1.165, 1.54) is 6.20 Å². The number of benzene rings is 1. The molecule has 0 amide bonds. The van der Waals surface area contributed by atoms with Gasteiger partial charge in [0.15, 0.2) is 17.5 Å². The van der Waals surface area contributed by atoms with Crippen molar-refractivity contribution >= 4 is 0 Å². The van der Waals surface area contributed by atoms with Crippen LogP contribution in [0.3, 0.4) is 0 Å². The van der Waals surface area contributed by atoms with Crippen LogP contribution in [0.4, 0.5) is 13.2 Å². The second kappa shape index (κ2) is 5.18. The molecule has 0 aliphatic carbocycles. The predicted molar refractivity (Wildman–Crippen MR) is 58.6 cm³/mol. The van der Waals surface area contributed by atoms with Crippen LogP contribution in [0.1, 0.15) is 12.6 Å². The molecule has 1 heterocycles. The maximum Gasteiger partial charge on any atom is 0.196 e. The molecule has 96 valence electrons. The maximum absolute atomic E-state index is 13.6. The number of aromatic nitrogens is 3. The lowest BCUT2D eigenvalue weighted by atomic mass is 10.2. The normalized spacial score (nSPS) is 10.9. The highest BCUT2D eigenvalue weighted by atomic mass is 19.2. The van der Waals surface area contributed by atoms with Crippen molar-refractivity contribution in [2.75, 3.05) is 6.54 Å². The van der Waals surface area contributed by atoms with Crippen LogP contribution in [-0.2, 0) is 6.54 Å². The minimum absolute atomic E-state index is 0.167. The zero-order chi connectivity index (χ0) is 13.1. The molecule has 1 aromatic carbocycles. The van der Waals surface area contributed by atoms with Crippen molar-refractivity contribution in [1.82, 2.24) is 20.3 Å². The minimum Gasteiger partial charge on any atom is -0.311 e. The molecule has 0 saturated heterocycles. The lowest BCUT2D eigenvalue weighted by Gasteiger charge is -2.08. The highest BCUT2D eigenvalue weighted by molar-refractivity contribution is 5.35. The van der Waals surface area contributed by atoms with E-state index in [0.717, 1.165) is 16.8 Å². The summed E-state index contributed by atoms with van der Waals surface area (Å²) in [6.07, 6.45) is 1.43. The smallest absolute Gasteiger partial charge is 0.196 e. The molecule has 1 N–H and O–H groups in total. The molecule has 2 rings (SSSR count). The molecule has 18 heavy (non-hydrogen) atoms. The van der Waals surface area contributed by atoms with Crippen LogP contribution in [-0.4, -0.2) is 21.5 Å². The number of hydrogen-bond acceptors (Lipinski definition) is 3. The van der Waals surface area contributed by atoms with E-state index in [0.29, 0.717) is 18.8 Å². The molecule has 0 spiro atoms. The van der Waals surface area contributed by atoms with Gasteiger partial charge in [0.25, 0.3) is 0 Å². The van der Waals surface area contributed by atoms with Gasteiger partial charge in [-0.25, -0.2) is 17.9 Å². The lowest BCUT2D eigenvalue weighted by Crippen LogP contribution is -2.16. The Bertz CT molecular complexity index is 553. The fourth-order valence-electron chi connectivity index (χ4n) is 1.51. The predicted octanol–water partition coefficient (Wildman–Crippen LogP) is 1.79. The Morgan fingerprint density at radius 2 is 2.00 bits per heavy atom. The van der Waals surface area contributed by atoms with E-state index in [4.69, 9.17) is 0 Å². The Morgan fingerprint density at radius 1 is 1.22 bits per heavy atom. The molecule has 4 nitrogen and oxygen atoms in total. The van der Waals surface area contributed by atoms with Crippen LogP contribution >= 0.6 is 0 Å². The average molecular weight is 256 g/mol. The first kappa shape index (κ1) is 12.6. The highest BCUT2D eigenvalue weighted by Gasteiger charge is 2.17. The number of rotatable bonds is 4. The van der Waals surface area contributed by atoms with Gasteiger partial charge in [0.05, 0.1) is 11.9 Å². The molecule has 0 bridgehead atoms. The second-order valence-corrected chi connectivity index (χ2v) is 3.61. The summed E-state index contributed by atoms with van der Waals surface area (Å²) >= 11 is 0. The topological polar surface area (TPSA) is 42.7 Å².